The van der Waals surface area contributed by atoms with Gasteiger partial charge in [0.2, 0.25) is 5.91 Å². The van der Waals surface area contributed by atoms with Gasteiger partial charge in [-0.2, -0.15) is 0 Å². The summed E-state index contributed by atoms with van der Waals surface area (Å²) in [4.78, 5) is 13.7. The number of carbonyl (C=O) groups is 1. The van der Waals surface area contributed by atoms with Crippen molar-refractivity contribution < 1.29 is 4.79 Å². The second kappa shape index (κ2) is 5.08. The topological polar surface area (TPSA) is 46.3 Å². The minimum Gasteiger partial charge on any atom is -0.399 e. The summed E-state index contributed by atoms with van der Waals surface area (Å²) in [5.74, 6) is 0.788. The highest BCUT2D eigenvalue weighted by Crippen LogP contribution is 2.26. The van der Waals surface area contributed by atoms with Crippen LogP contribution in [0, 0.1) is 5.92 Å². The highest BCUT2D eigenvalue weighted by atomic mass is 79.9. The van der Waals surface area contributed by atoms with Crippen LogP contribution in [0.5, 0.6) is 0 Å². The van der Waals surface area contributed by atoms with E-state index in [1.54, 1.807) is 0 Å². The molecule has 1 fully saturated rings. The predicted octanol–water partition coefficient (Wildman–Crippen LogP) is 2.79. The Morgan fingerprint density at radius 3 is 2.88 bits per heavy atom. The average molecular weight is 297 g/mol. The number of carbonyl (C=O) groups excluding carboxylic acids is 1. The lowest BCUT2D eigenvalue weighted by Gasteiger charge is -2.17. The van der Waals surface area contributed by atoms with Crippen LogP contribution >= 0.6 is 15.9 Å². The fourth-order valence-corrected chi connectivity index (χ4v) is 2.70. The van der Waals surface area contributed by atoms with Crippen LogP contribution in [-0.2, 0) is 11.3 Å². The van der Waals surface area contributed by atoms with Crippen molar-refractivity contribution in [1.82, 2.24) is 4.90 Å². The van der Waals surface area contributed by atoms with Gasteiger partial charge in [0.05, 0.1) is 0 Å². The highest BCUT2D eigenvalue weighted by Gasteiger charge is 2.28. The van der Waals surface area contributed by atoms with Crippen molar-refractivity contribution in [2.75, 3.05) is 12.3 Å². The number of halogens is 1. The summed E-state index contributed by atoms with van der Waals surface area (Å²) in [7, 11) is 0. The van der Waals surface area contributed by atoms with E-state index in [9.17, 15) is 4.79 Å². The minimum atomic E-state index is 0.264. The second-order valence-electron chi connectivity index (χ2n) is 4.60. The maximum absolute atomic E-state index is 11.8. The first-order chi connectivity index (χ1) is 8.10. The molecule has 1 atom stereocenters. The second-order valence-corrected chi connectivity index (χ2v) is 5.46. The summed E-state index contributed by atoms with van der Waals surface area (Å²) in [6, 6.07) is 5.73. The van der Waals surface area contributed by atoms with Crippen molar-refractivity contribution in [3.05, 3.63) is 28.2 Å². The molecule has 0 aromatic heterocycles. The molecule has 1 aromatic carbocycles. The molecule has 2 N–H and O–H groups in total. The van der Waals surface area contributed by atoms with E-state index < -0.39 is 0 Å². The summed E-state index contributed by atoms with van der Waals surface area (Å²) < 4.78 is 0.977. The number of nitrogens with two attached hydrogens (primary N) is 1. The molecule has 0 spiro atoms. The number of hydrogen-bond donors (Lipinski definition) is 1. The number of likely N-dealkylation sites (tertiary alicyclic amines) is 1. The summed E-state index contributed by atoms with van der Waals surface area (Å²) >= 11 is 3.49. The van der Waals surface area contributed by atoms with E-state index in [0.717, 1.165) is 28.7 Å². The molecule has 1 unspecified atom stereocenters. The Morgan fingerprint density at radius 1 is 1.53 bits per heavy atom. The van der Waals surface area contributed by atoms with Gasteiger partial charge < -0.3 is 10.6 Å². The normalized spacial score (nSPS) is 20.0. The van der Waals surface area contributed by atoms with E-state index in [-0.39, 0.29) is 5.91 Å². The first-order valence-corrected chi connectivity index (χ1v) is 6.71. The van der Waals surface area contributed by atoms with Gasteiger partial charge in [0.25, 0.3) is 0 Å². The zero-order valence-electron chi connectivity index (χ0n) is 9.95. The van der Waals surface area contributed by atoms with Crippen LogP contribution < -0.4 is 5.73 Å². The number of benzene rings is 1. The van der Waals surface area contributed by atoms with Crippen molar-refractivity contribution in [2.45, 2.75) is 26.3 Å². The molecular weight excluding hydrogens is 280 g/mol. The quantitative estimate of drug-likeness (QED) is 0.872. The molecule has 3 nitrogen and oxygen atoms in total. The van der Waals surface area contributed by atoms with Crippen LogP contribution in [0.25, 0.3) is 0 Å². The monoisotopic (exact) mass is 296 g/mol. The Kier molecular flexibility index (Phi) is 3.72. The van der Waals surface area contributed by atoms with E-state index in [2.05, 4.69) is 22.9 Å². The number of nitrogens with zero attached hydrogens (tertiary/aromatic N) is 1. The third kappa shape index (κ3) is 2.80. The van der Waals surface area contributed by atoms with Crippen molar-refractivity contribution in [3.8, 4) is 0 Å². The SMILES string of the molecule is CCC1CC(=O)N(Cc2ccc(N)cc2Br)C1. The molecule has 1 aliphatic rings. The highest BCUT2D eigenvalue weighted by molar-refractivity contribution is 9.10. The van der Waals surface area contributed by atoms with Crippen molar-refractivity contribution in [3.63, 3.8) is 0 Å². The van der Waals surface area contributed by atoms with Crippen LogP contribution in [-0.4, -0.2) is 17.4 Å². The Balaban J connectivity index is 2.08. The van der Waals surface area contributed by atoms with Gasteiger partial charge in [-0.3, -0.25) is 4.79 Å². The molecule has 1 aromatic rings. The lowest BCUT2D eigenvalue weighted by molar-refractivity contribution is -0.128. The maximum atomic E-state index is 11.8. The summed E-state index contributed by atoms with van der Waals surface area (Å²) in [5, 5.41) is 0. The molecule has 1 heterocycles. The van der Waals surface area contributed by atoms with Crippen LogP contribution in [0.1, 0.15) is 25.3 Å². The Morgan fingerprint density at radius 2 is 2.29 bits per heavy atom. The van der Waals surface area contributed by atoms with E-state index in [1.165, 1.54) is 0 Å². The lowest BCUT2D eigenvalue weighted by atomic mass is 10.1. The molecule has 0 radical (unpaired) electrons. The molecule has 0 aliphatic carbocycles. The van der Waals surface area contributed by atoms with E-state index in [1.807, 2.05) is 23.1 Å². The first kappa shape index (κ1) is 12.4. The number of rotatable bonds is 3. The fourth-order valence-electron chi connectivity index (χ4n) is 2.18. The van der Waals surface area contributed by atoms with Gasteiger partial charge in [-0.1, -0.05) is 35.3 Å². The smallest absolute Gasteiger partial charge is 0.223 e. The third-order valence-corrected chi connectivity index (χ3v) is 4.05. The minimum absolute atomic E-state index is 0.264. The number of nitrogen functional groups attached to an aromatic ring is 1. The van der Waals surface area contributed by atoms with E-state index in [0.29, 0.717) is 18.9 Å². The lowest BCUT2D eigenvalue weighted by Crippen LogP contribution is -2.24. The third-order valence-electron chi connectivity index (χ3n) is 3.31. The average Bonchev–Trinajstić information content (AvgIpc) is 2.64. The van der Waals surface area contributed by atoms with Gasteiger partial charge in [-0.05, 0) is 23.6 Å². The molecular formula is C13H17BrN2O. The summed E-state index contributed by atoms with van der Waals surface area (Å²) in [5.41, 5.74) is 7.55. The van der Waals surface area contributed by atoms with Gasteiger partial charge in [0, 0.05) is 29.7 Å². The molecule has 2 rings (SSSR count). The summed E-state index contributed by atoms with van der Waals surface area (Å²) in [6.45, 7) is 3.70. The number of anilines is 1. The van der Waals surface area contributed by atoms with Gasteiger partial charge >= 0.3 is 0 Å². The molecule has 0 bridgehead atoms. The summed E-state index contributed by atoms with van der Waals surface area (Å²) in [6.07, 6.45) is 1.77. The number of hydrogen-bond acceptors (Lipinski definition) is 2. The molecule has 1 saturated heterocycles. The van der Waals surface area contributed by atoms with Crippen LogP contribution in [0.3, 0.4) is 0 Å². The Bertz CT molecular complexity index is 433. The molecule has 1 amide bonds. The van der Waals surface area contributed by atoms with Crippen molar-refractivity contribution in [1.29, 1.82) is 0 Å². The number of amides is 1. The Labute approximate surface area is 110 Å². The predicted molar refractivity (Wildman–Crippen MR) is 72.4 cm³/mol. The van der Waals surface area contributed by atoms with Gasteiger partial charge in [0.15, 0.2) is 0 Å². The molecule has 0 saturated carbocycles. The van der Waals surface area contributed by atoms with E-state index in [4.69, 9.17) is 5.73 Å². The molecule has 92 valence electrons. The maximum Gasteiger partial charge on any atom is 0.223 e. The fraction of sp³-hybridized carbons (Fsp3) is 0.462. The molecule has 4 heteroatoms. The molecule has 17 heavy (non-hydrogen) atoms. The van der Waals surface area contributed by atoms with Crippen molar-refractivity contribution in [2.24, 2.45) is 5.92 Å². The van der Waals surface area contributed by atoms with Crippen LogP contribution in [0.15, 0.2) is 22.7 Å². The zero-order chi connectivity index (χ0) is 12.4. The van der Waals surface area contributed by atoms with Gasteiger partial charge in [-0.15, -0.1) is 0 Å². The largest absolute Gasteiger partial charge is 0.399 e. The Hall–Kier alpha value is -1.03. The van der Waals surface area contributed by atoms with Gasteiger partial charge in [-0.25, -0.2) is 0 Å². The first-order valence-electron chi connectivity index (χ1n) is 5.91. The van der Waals surface area contributed by atoms with E-state index >= 15 is 0 Å². The zero-order valence-corrected chi connectivity index (χ0v) is 11.5. The standard InChI is InChI=1S/C13H17BrN2O/c1-2-9-5-13(17)16(7-9)8-10-3-4-11(15)6-12(10)14/h3-4,6,9H,2,5,7-8,15H2,1H3. The van der Waals surface area contributed by atoms with Gasteiger partial charge in [0.1, 0.15) is 0 Å². The van der Waals surface area contributed by atoms with Crippen LogP contribution in [0.4, 0.5) is 5.69 Å². The molecule has 1 aliphatic heterocycles. The van der Waals surface area contributed by atoms with Crippen molar-refractivity contribution >= 4 is 27.5 Å². The van der Waals surface area contributed by atoms with Crippen LogP contribution in [0.2, 0.25) is 0 Å².